The van der Waals surface area contributed by atoms with Gasteiger partial charge in [-0.15, -0.1) is 6.58 Å². The second-order valence-electron chi connectivity index (χ2n) is 5.21. The molecule has 0 N–H and O–H groups in total. The number of ether oxygens (including phenoxy) is 1. The number of amides is 1. The van der Waals surface area contributed by atoms with Gasteiger partial charge in [0.15, 0.2) is 0 Å². The molecule has 1 fully saturated rings. The Bertz CT molecular complexity index is 325. The van der Waals surface area contributed by atoms with Crippen molar-refractivity contribution in [1.82, 2.24) is 4.90 Å². The molecule has 0 spiro atoms. The van der Waals surface area contributed by atoms with Crippen molar-refractivity contribution in [2.75, 3.05) is 13.7 Å². The van der Waals surface area contributed by atoms with E-state index in [-0.39, 0.29) is 17.8 Å². The third kappa shape index (κ3) is 3.34. The molecule has 0 aromatic heterocycles. The summed E-state index contributed by atoms with van der Waals surface area (Å²) in [6.07, 6.45) is 3.83. The first-order valence-electron chi connectivity index (χ1n) is 6.50. The average Bonchev–Trinajstić information content (AvgIpc) is 2.66. The second kappa shape index (κ2) is 6.57. The molecule has 0 bridgehead atoms. The first-order chi connectivity index (χ1) is 8.51. The van der Waals surface area contributed by atoms with Crippen LogP contribution in [0.25, 0.3) is 0 Å². The molecular weight excluding hydrogens is 230 g/mol. The van der Waals surface area contributed by atoms with Crippen molar-refractivity contribution in [1.29, 1.82) is 0 Å². The summed E-state index contributed by atoms with van der Waals surface area (Å²) in [5, 5.41) is 0. The van der Waals surface area contributed by atoms with Crippen LogP contribution in [0.2, 0.25) is 0 Å². The predicted molar refractivity (Wildman–Crippen MR) is 69.9 cm³/mol. The van der Waals surface area contributed by atoms with Crippen molar-refractivity contribution in [2.45, 2.75) is 39.2 Å². The fraction of sp³-hybridized carbons (Fsp3) is 0.714. The summed E-state index contributed by atoms with van der Waals surface area (Å²) in [6, 6.07) is -0.503. The molecule has 0 aromatic carbocycles. The SMILES string of the molecule is C=CCC(C(=O)OC)N1CC[C@H](CC(C)C)C1=O. The van der Waals surface area contributed by atoms with Gasteiger partial charge in [0.1, 0.15) is 6.04 Å². The number of likely N-dealkylation sites (tertiary alicyclic amines) is 1. The molecule has 1 heterocycles. The molecule has 1 aliphatic rings. The van der Waals surface area contributed by atoms with Gasteiger partial charge in [-0.25, -0.2) is 4.79 Å². The van der Waals surface area contributed by atoms with E-state index in [1.54, 1.807) is 11.0 Å². The van der Waals surface area contributed by atoms with Crippen LogP contribution in [0.3, 0.4) is 0 Å². The van der Waals surface area contributed by atoms with Gasteiger partial charge in [-0.1, -0.05) is 19.9 Å². The van der Waals surface area contributed by atoms with E-state index in [9.17, 15) is 9.59 Å². The molecule has 1 rings (SSSR count). The molecule has 0 radical (unpaired) electrons. The van der Waals surface area contributed by atoms with Crippen LogP contribution in [0.5, 0.6) is 0 Å². The predicted octanol–water partition coefficient (Wildman–Crippen LogP) is 2.00. The lowest BCUT2D eigenvalue weighted by atomic mass is 9.96. The topological polar surface area (TPSA) is 46.6 Å². The summed E-state index contributed by atoms with van der Waals surface area (Å²) in [5.41, 5.74) is 0. The van der Waals surface area contributed by atoms with E-state index in [1.165, 1.54) is 7.11 Å². The minimum atomic E-state index is -0.503. The zero-order valence-electron chi connectivity index (χ0n) is 11.5. The van der Waals surface area contributed by atoms with E-state index in [2.05, 4.69) is 20.4 Å². The van der Waals surface area contributed by atoms with Crippen LogP contribution >= 0.6 is 0 Å². The Kier molecular flexibility index (Phi) is 5.38. The van der Waals surface area contributed by atoms with Gasteiger partial charge in [-0.2, -0.15) is 0 Å². The van der Waals surface area contributed by atoms with E-state index in [0.29, 0.717) is 18.9 Å². The maximum absolute atomic E-state index is 12.3. The van der Waals surface area contributed by atoms with Crippen molar-refractivity contribution < 1.29 is 14.3 Å². The Hall–Kier alpha value is -1.32. The van der Waals surface area contributed by atoms with Gasteiger partial charge in [-0.3, -0.25) is 4.79 Å². The number of carbonyl (C=O) groups is 2. The highest BCUT2D eigenvalue weighted by Gasteiger charge is 2.38. The number of nitrogens with zero attached hydrogens (tertiary/aromatic N) is 1. The fourth-order valence-corrected chi connectivity index (χ4v) is 2.50. The molecule has 0 aliphatic carbocycles. The summed E-state index contributed by atoms with van der Waals surface area (Å²) in [4.78, 5) is 25.6. The number of rotatable bonds is 6. The third-order valence-corrected chi connectivity index (χ3v) is 3.35. The first-order valence-corrected chi connectivity index (χ1v) is 6.50. The van der Waals surface area contributed by atoms with E-state index in [0.717, 1.165) is 12.8 Å². The highest BCUT2D eigenvalue weighted by atomic mass is 16.5. The summed E-state index contributed by atoms with van der Waals surface area (Å²) in [7, 11) is 1.35. The van der Waals surface area contributed by atoms with Crippen molar-refractivity contribution in [3.8, 4) is 0 Å². The zero-order valence-corrected chi connectivity index (χ0v) is 11.5. The van der Waals surface area contributed by atoms with E-state index < -0.39 is 6.04 Å². The van der Waals surface area contributed by atoms with Gasteiger partial charge in [0.2, 0.25) is 5.91 Å². The molecule has 2 atom stereocenters. The molecule has 1 unspecified atom stereocenters. The fourth-order valence-electron chi connectivity index (χ4n) is 2.50. The lowest BCUT2D eigenvalue weighted by Gasteiger charge is -2.25. The molecular formula is C14H23NO3. The second-order valence-corrected chi connectivity index (χ2v) is 5.21. The van der Waals surface area contributed by atoms with Crippen LogP contribution in [0.15, 0.2) is 12.7 Å². The molecule has 1 saturated heterocycles. The van der Waals surface area contributed by atoms with Gasteiger partial charge in [-0.05, 0) is 25.2 Å². The highest BCUT2D eigenvalue weighted by Crippen LogP contribution is 2.27. The number of carbonyl (C=O) groups excluding carboxylic acids is 2. The standard InChI is InChI=1S/C14H23NO3/c1-5-6-12(14(17)18-4)15-8-7-11(13(15)16)9-10(2)3/h5,10-12H,1,6-9H2,2-4H3/t11-,12?/m1/s1. The first kappa shape index (κ1) is 14.7. The van der Waals surface area contributed by atoms with Crippen molar-refractivity contribution in [3.63, 3.8) is 0 Å². The van der Waals surface area contributed by atoms with Crippen LogP contribution in [0.4, 0.5) is 0 Å². The number of hydrogen-bond donors (Lipinski definition) is 0. The average molecular weight is 253 g/mol. The molecule has 0 saturated carbocycles. The van der Waals surface area contributed by atoms with E-state index in [4.69, 9.17) is 4.74 Å². The van der Waals surface area contributed by atoms with Gasteiger partial charge in [0.25, 0.3) is 0 Å². The molecule has 102 valence electrons. The maximum Gasteiger partial charge on any atom is 0.328 e. The Balaban J connectivity index is 2.73. The Morgan fingerprint density at radius 3 is 2.78 bits per heavy atom. The van der Waals surface area contributed by atoms with Crippen LogP contribution < -0.4 is 0 Å². The lowest BCUT2D eigenvalue weighted by Crippen LogP contribution is -2.43. The molecule has 1 amide bonds. The summed E-state index contributed by atoms with van der Waals surface area (Å²) < 4.78 is 4.76. The smallest absolute Gasteiger partial charge is 0.328 e. The van der Waals surface area contributed by atoms with E-state index >= 15 is 0 Å². The van der Waals surface area contributed by atoms with Crippen LogP contribution in [-0.4, -0.2) is 36.5 Å². The van der Waals surface area contributed by atoms with Crippen LogP contribution in [0.1, 0.15) is 33.1 Å². The largest absolute Gasteiger partial charge is 0.467 e. The van der Waals surface area contributed by atoms with Crippen LogP contribution in [0, 0.1) is 11.8 Å². The lowest BCUT2D eigenvalue weighted by molar-refractivity contribution is -0.151. The van der Waals surface area contributed by atoms with Gasteiger partial charge >= 0.3 is 5.97 Å². The Morgan fingerprint density at radius 2 is 2.28 bits per heavy atom. The number of esters is 1. The highest BCUT2D eigenvalue weighted by molar-refractivity contribution is 5.87. The molecule has 4 nitrogen and oxygen atoms in total. The number of methoxy groups -OCH3 is 1. The zero-order chi connectivity index (χ0) is 13.7. The normalized spacial score (nSPS) is 21.2. The van der Waals surface area contributed by atoms with Crippen molar-refractivity contribution in [3.05, 3.63) is 12.7 Å². The van der Waals surface area contributed by atoms with E-state index in [1.807, 2.05) is 0 Å². The van der Waals surface area contributed by atoms with Gasteiger partial charge < -0.3 is 9.64 Å². The quantitative estimate of drug-likeness (QED) is 0.537. The molecule has 4 heteroatoms. The minimum Gasteiger partial charge on any atom is -0.467 e. The Morgan fingerprint density at radius 1 is 1.61 bits per heavy atom. The Labute approximate surface area is 109 Å². The van der Waals surface area contributed by atoms with Gasteiger partial charge in [0, 0.05) is 12.5 Å². The number of hydrogen-bond acceptors (Lipinski definition) is 3. The molecule has 1 aliphatic heterocycles. The molecule has 18 heavy (non-hydrogen) atoms. The van der Waals surface area contributed by atoms with Crippen LogP contribution in [-0.2, 0) is 14.3 Å². The molecule has 0 aromatic rings. The van der Waals surface area contributed by atoms with Crippen molar-refractivity contribution >= 4 is 11.9 Å². The minimum absolute atomic E-state index is 0.0574. The summed E-state index contributed by atoms with van der Waals surface area (Å²) in [5.74, 6) is 0.284. The summed E-state index contributed by atoms with van der Waals surface area (Å²) in [6.45, 7) is 8.50. The third-order valence-electron chi connectivity index (χ3n) is 3.35. The maximum atomic E-state index is 12.3. The van der Waals surface area contributed by atoms with Crippen molar-refractivity contribution in [2.24, 2.45) is 11.8 Å². The summed E-state index contributed by atoms with van der Waals surface area (Å²) >= 11 is 0. The van der Waals surface area contributed by atoms with Gasteiger partial charge in [0.05, 0.1) is 7.11 Å². The monoisotopic (exact) mass is 253 g/mol.